The monoisotopic (exact) mass is 469 g/mol. The fourth-order valence-corrected chi connectivity index (χ4v) is 5.21. The lowest BCUT2D eigenvalue weighted by Crippen LogP contribution is -2.21. The van der Waals surface area contributed by atoms with Gasteiger partial charge in [-0.15, -0.1) is 0 Å². The lowest BCUT2D eigenvalue weighted by atomic mass is 9.87. The van der Waals surface area contributed by atoms with Crippen molar-refractivity contribution in [2.24, 2.45) is 0 Å². The Kier molecular flexibility index (Phi) is 7.97. The van der Waals surface area contributed by atoms with Crippen LogP contribution in [0.15, 0.2) is 99.6 Å². The topological polar surface area (TPSA) is 54.4 Å². The molecule has 0 aliphatic heterocycles. The molecular formula is C23H24F3O3S2+. The van der Waals surface area contributed by atoms with Gasteiger partial charge in [0.15, 0.2) is 14.7 Å². The molecule has 0 aromatic heterocycles. The fourth-order valence-electron chi connectivity index (χ4n) is 2.77. The summed E-state index contributed by atoms with van der Waals surface area (Å²) in [6.45, 7) is 6.88. The van der Waals surface area contributed by atoms with E-state index in [2.05, 4.69) is 106 Å². The van der Waals surface area contributed by atoms with Crippen LogP contribution in [0.3, 0.4) is 0 Å². The van der Waals surface area contributed by atoms with Crippen LogP contribution in [0.25, 0.3) is 0 Å². The third-order valence-corrected chi connectivity index (χ3v) is 7.03. The summed E-state index contributed by atoms with van der Waals surface area (Å²) in [7, 11) is -5.91. The first-order valence-corrected chi connectivity index (χ1v) is 12.0. The third-order valence-electron chi connectivity index (χ3n) is 4.17. The van der Waals surface area contributed by atoms with Crippen LogP contribution < -0.4 is 0 Å². The van der Waals surface area contributed by atoms with Crippen molar-refractivity contribution < 1.29 is 26.1 Å². The minimum atomic E-state index is -5.84. The molecule has 0 saturated heterocycles. The Labute approximate surface area is 184 Å². The summed E-state index contributed by atoms with van der Waals surface area (Å²) >= 11 is 0. The number of benzene rings is 3. The van der Waals surface area contributed by atoms with Crippen LogP contribution in [0.2, 0.25) is 0 Å². The molecule has 0 atom stereocenters. The van der Waals surface area contributed by atoms with Crippen LogP contribution >= 0.6 is 0 Å². The first kappa shape index (κ1) is 25.0. The lowest BCUT2D eigenvalue weighted by Gasteiger charge is -2.22. The number of rotatable bonds is 3. The Morgan fingerprint density at radius 3 is 1.42 bits per heavy atom. The van der Waals surface area contributed by atoms with Crippen molar-refractivity contribution in [1.82, 2.24) is 0 Å². The van der Waals surface area contributed by atoms with Crippen LogP contribution in [0.4, 0.5) is 13.2 Å². The van der Waals surface area contributed by atoms with Gasteiger partial charge in [-0.25, -0.2) is 0 Å². The second-order valence-corrected chi connectivity index (χ2v) is 11.0. The molecule has 3 rings (SSSR count). The van der Waals surface area contributed by atoms with Gasteiger partial charge in [-0.3, -0.25) is 4.55 Å². The highest BCUT2D eigenvalue weighted by Gasteiger charge is 2.44. The normalized spacial score (nSPS) is 12.3. The summed E-state index contributed by atoms with van der Waals surface area (Å²) in [6, 6.07) is 30.6. The number of hydrogen-bond acceptors (Lipinski definition) is 2. The second kappa shape index (κ2) is 9.89. The van der Waals surface area contributed by atoms with Crippen molar-refractivity contribution >= 4 is 21.0 Å². The molecule has 0 saturated carbocycles. The lowest BCUT2D eigenvalue weighted by molar-refractivity contribution is -0.0510. The summed E-state index contributed by atoms with van der Waals surface area (Å²) in [5.74, 6) is 0. The van der Waals surface area contributed by atoms with Crippen LogP contribution in [0.1, 0.15) is 26.3 Å². The van der Waals surface area contributed by atoms with Gasteiger partial charge in [0.25, 0.3) is 0 Å². The summed E-state index contributed by atoms with van der Waals surface area (Å²) in [5.41, 5.74) is -3.98. The molecule has 31 heavy (non-hydrogen) atoms. The van der Waals surface area contributed by atoms with Crippen LogP contribution in [0, 0.1) is 0 Å². The zero-order chi connectivity index (χ0) is 23.3. The van der Waals surface area contributed by atoms with Gasteiger partial charge < -0.3 is 0 Å². The van der Waals surface area contributed by atoms with Crippen LogP contribution in [-0.4, -0.2) is 18.5 Å². The Hall–Kier alpha value is -2.29. The van der Waals surface area contributed by atoms with Gasteiger partial charge in [0, 0.05) is 5.56 Å². The van der Waals surface area contributed by atoms with Crippen LogP contribution in [0.5, 0.6) is 0 Å². The molecule has 0 spiro atoms. The third kappa shape index (κ3) is 6.85. The molecule has 166 valence electrons. The molecule has 0 heterocycles. The molecule has 0 fully saturated rings. The highest BCUT2D eigenvalue weighted by molar-refractivity contribution is 7.97. The molecule has 8 heteroatoms. The molecule has 3 nitrogen and oxygen atoms in total. The van der Waals surface area contributed by atoms with E-state index >= 15 is 0 Å². The maximum absolute atomic E-state index is 10.7. The molecule has 1 N–H and O–H groups in total. The Bertz CT molecular complexity index is 1040. The second-order valence-electron chi connectivity index (χ2n) is 7.60. The van der Waals surface area contributed by atoms with Gasteiger partial charge in [-0.05, 0) is 35.7 Å². The van der Waals surface area contributed by atoms with Crippen molar-refractivity contribution in [1.29, 1.82) is 0 Å². The number of alkyl halides is 3. The van der Waals surface area contributed by atoms with E-state index in [1.54, 1.807) is 0 Å². The quantitative estimate of drug-likeness (QED) is 0.272. The van der Waals surface area contributed by atoms with E-state index in [0.717, 1.165) is 0 Å². The van der Waals surface area contributed by atoms with E-state index in [9.17, 15) is 13.2 Å². The van der Waals surface area contributed by atoms with Gasteiger partial charge in [-0.2, -0.15) is 21.6 Å². The van der Waals surface area contributed by atoms with Gasteiger partial charge in [0.05, 0.1) is 10.9 Å². The fraction of sp³-hybridized carbons (Fsp3) is 0.217. The zero-order valence-electron chi connectivity index (χ0n) is 17.3. The SMILES string of the molecule is CC(C)(C)c1ccccc1[S+](c1ccccc1)c1ccccc1.O=S(=O)(O)C(F)(F)F. The minimum Gasteiger partial charge on any atom is -0.279 e. The van der Waals surface area contributed by atoms with Gasteiger partial charge >= 0.3 is 15.6 Å². The predicted molar refractivity (Wildman–Crippen MR) is 118 cm³/mol. The molecule has 0 aliphatic rings. The molecule has 0 unspecified atom stereocenters. The van der Waals surface area contributed by atoms with Gasteiger partial charge in [-0.1, -0.05) is 75.4 Å². The van der Waals surface area contributed by atoms with E-state index in [0.29, 0.717) is 0 Å². The first-order valence-electron chi connectivity index (χ1n) is 9.30. The number of hydrogen-bond donors (Lipinski definition) is 1. The highest BCUT2D eigenvalue weighted by Crippen LogP contribution is 2.37. The summed E-state index contributed by atoms with van der Waals surface area (Å²) in [5, 5.41) is 0. The summed E-state index contributed by atoms with van der Waals surface area (Å²) in [4.78, 5) is 4.17. The smallest absolute Gasteiger partial charge is 0.279 e. The van der Waals surface area contributed by atoms with Crippen molar-refractivity contribution in [3.05, 3.63) is 90.5 Å². The van der Waals surface area contributed by atoms with Crippen molar-refractivity contribution in [3.63, 3.8) is 0 Å². The van der Waals surface area contributed by atoms with Gasteiger partial charge in [0.2, 0.25) is 0 Å². The molecule has 3 aromatic carbocycles. The van der Waals surface area contributed by atoms with E-state index in [1.165, 1.54) is 20.2 Å². The predicted octanol–water partition coefficient (Wildman–Crippen LogP) is 6.47. The summed E-state index contributed by atoms with van der Waals surface area (Å²) in [6.07, 6.45) is 0. The van der Waals surface area contributed by atoms with E-state index in [4.69, 9.17) is 13.0 Å². The average Bonchev–Trinajstić information content (AvgIpc) is 2.68. The first-order chi connectivity index (χ1) is 14.3. The Morgan fingerprint density at radius 2 is 1.06 bits per heavy atom. The van der Waals surface area contributed by atoms with Gasteiger partial charge in [0.1, 0.15) is 0 Å². The molecule has 0 bridgehead atoms. The molecular weight excluding hydrogens is 445 g/mol. The van der Waals surface area contributed by atoms with Crippen molar-refractivity contribution in [3.8, 4) is 0 Å². The van der Waals surface area contributed by atoms with Crippen LogP contribution in [-0.2, 0) is 26.4 Å². The largest absolute Gasteiger partial charge is 0.522 e. The summed E-state index contributed by atoms with van der Waals surface area (Å²) < 4.78 is 57.5. The molecule has 0 radical (unpaired) electrons. The average molecular weight is 470 g/mol. The molecule has 0 aliphatic carbocycles. The standard InChI is InChI=1S/C22H23S.CHF3O3S/c1-22(2,3)20-16-10-11-17-21(20)23(18-12-6-4-7-13-18)19-14-8-5-9-15-19;2-1(3,4)8(5,6)7/h4-17H,1-3H3;(H,5,6,7)/q+1;. The molecule has 0 amide bonds. The Morgan fingerprint density at radius 1 is 0.710 bits per heavy atom. The maximum atomic E-state index is 10.7. The molecule has 3 aromatic rings. The van der Waals surface area contributed by atoms with E-state index < -0.39 is 15.6 Å². The minimum absolute atomic E-state index is 0.0727. The van der Waals surface area contributed by atoms with E-state index in [1.807, 2.05) is 0 Å². The maximum Gasteiger partial charge on any atom is 0.522 e. The number of halogens is 3. The van der Waals surface area contributed by atoms with E-state index in [-0.39, 0.29) is 16.3 Å². The highest BCUT2D eigenvalue weighted by atomic mass is 32.2. The van der Waals surface area contributed by atoms with Crippen molar-refractivity contribution in [2.75, 3.05) is 0 Å². The van der Waals surface area contributed by atoms with Crippen molar-refractivity contribution in [2.45, 2.75) is 46.4 Å². The Balaban J connectivity index is 0.000000366. The zero-order valence-corrected chi connectivity index (χ0v) is 18.9.